The third-order valence-electron chi connectivity index (χ3n) is 0. The van der Waals surface area contributed by atoms with E-state index in [1.165, 1.54) is 0 Å². The summed E-state index contributed by atoms with van der Waals surface area (Å²) in [5, 5.41) is 0. The van der Waals surface area contributed by atoms with Crippen LogP contribution in [-0.4, -0.2) is 129 Å². The molecule has 0 aliphatic rings. The van der Waals surface area contributed by atoms with E-state index >= 15 is 0 Å². The van der Waals surface area contributed by atoms with Crippen molar-refractivity contribution in [2.24, 2.45) is 0 Å². The average Bonchev–Trinajstić information content (AvgIpc) is 1.12. The summed E-state index contributed by atoms with van der Waals surface area (Å²) >= 11 is 0. The molecule has 66 valence electrons. The first-order valence-corrected chi connectivity index (χ1v) is 4.45. The summed E-state index contributed by atoms with van der Waals surface area (Å²) in [4.78, 5) is 34.3. The van der Waals surface area contributed by atoms with Gasteiger partial charge in [-0.05, 0) is 0 Å². The summed E-state index contributed by atoms with van der Waals surface area (Å²) in [7, 11) is -10.8. The minimum atomic E-state index is -5.61. The third kappa shape index (κ3) is 242. The van der Waals surface area contributed by atoms with Gasteiger partial charge in [0, 0.05) is 10.4 Å². The average molecular weight is 476 g/mol. The van der Waals surface area contributed by atoms with Crippen molar-refractivity contribution in [1.29, 1.82) is 0 Å². The normalized spacial score (nSPS) is 9.08. The molecule has 0 aromatic carbocycles. The second kappa shape index (κ2) is 13.4. The van der Waals surface area contributed by atoms with Crippen LogP contribution in [-0.2, 0) is 10.4 Å². The molecule has 0 N–H and O–H groups in total. The molecule has 0 aromatic rings. The smallest absolute Gasteiger partial charge is 0.894 e. The molecule has 0 saturated heterocycles. The molecule has 0 aromatic heterocycles. The van der Waals surface area contributed by atoms with Gasteiger partial charge in [-0.2, -0.15) is 0 Å². The number of rotatable bonds is 0. The Kier molecular flexibility index (Phi) is 30.9. The summed E-state index contributed by atoms with van der Waals surface area (Å²) in [5.41, 5.74) is 0. The molecule has 0 amide bonds. The second-order valence-corrected chi connectivity index (χ2v) is 2.72. The first-order valence-electron chi connectivity index (χ1n) is 1.48. The standard InChI is InChI=1S/2Ca.H2O4S.O4Si.Pb/c;;2*1-5(2,3)4;/h;;(H2,1,2,3,4);;/q2*+2;;-4;+2/p-2. The van der Waals surface area contributed by atoms with Crippen LogP contribution in [0, 0.1) is 0 Å². The van der Waals surface area contributed by atoms with Crippen LogP contribution in [0.4, 0.5) is 0 Å². The molecule has 0 aliphatic heterocycles. The maximum absolute atomic E-state index is 8.58. The zero-order chi connectivity index (χ0) is 9.00. The first kappa shape index (κ1) is 29.9. The predicted octanol–water partition coefficient (Wildman–Crippen LogP) is -7.62. The Morgan fingerprint density at radius 1 is 0.846 bits per heavy atom. The van der Waals surface area contributed by atoms with Gasteiger partial charge in [0.25, 0.3) is 0 Å². The monoisotopic (exact) mass is 476 g/mol. The van der Waals surface area contributed by atoms with E-state index < -0.39 is 19.4 Å². The summed E-state index contributed by atoms with van der Waals surface area (Å²) in [6.45, 7) is 0. The molecule has 0 fully saturated rings. The topological polar surface area (TPSA) is 172 Å². The maximum atomic E-state index is 8.58. The van der Waals surface area contributed by atoms with Crippen molar-refractivity contribution in [3.63, 3.8) is 0 Å². The van der Waals surface area contributed by atoms with Crippen LogP contribution in [0.15, 0.2) is 0 Å². The van der Waals surface area contributed by atoms with Crippen LogP contribution in [0.25, 0.3) is 0 Å². The molecular formula is Ca2O8PbSSi. The second-order valence-electron chi connectivity index (χ2n) is 0.908. The molecule has 0 atom stereocenters. The van der Waals surface area contributed by atoms with Gasteiger partial charge in [-0.25, -0.2) is 0 Å². The van der Waals surface area contributed by atoms with Gasteiger partial charge >= 0.3 is 103 Å². The molecule has 0 saturated carbocycles. The minimum Gasteiger partial charge on any atom is -0.894 e. The van der Waals surface area contributed by atoms with Crippen molar-refractivity contribution in [3.8, 4) is 0 Å². The van der Waals surface area contributed by atoms with Gasteiger partial charge < -0.3 is 37.3 Å². The Morgan fingerprint density at radius 3 is 0.846 bits per heavy atom. The minimum absolute atomic E-state index is 0. The molecule has 0 bridgehead atoms. The molecule has 13 heteroatoms. The van der Waals surface area contributed by atoms with Crippen molar-refractivity contribution in [3.05, 3.63) is 0 Å². The molecular weight excluding hydrogens is 476 g/mol. The molecule has 0 heterocycles. The van der Waals surface area contributed by atoms with Crippen molar-refractivity contribution in [1.82, 2.24) is 0 Å². The van der Waals surface area contributed by atoms with E-state index in [-0.39, 0.29) is 103 Å². The SMILES string of the molecule is O=S(=O)([O-])[O-].[Ca+2].[Ca+2].[O-][Si]([O-])([O-])[O-].[Pb+2]. The van der Waals surface area contributed by atoms with Crippen LogP contribution in [0.1, 0.15) is 0 Å². The Morgan fingerprint density at radius 2 is 0.846 bits per heavy atom. The van der Waals surface area contributed by atoms with Gasteiger partial charge in [0.05, 0.1) is 0 Å². The summed E-state index contributed by atoms with van der Waals surface area (Å²) < 4.78 is 34.1. The van der Waals surface area contributed by atoms with E-state index in [0.717, 1.165) is 0 Å². The molecule has 0 unspecified atom stereocenters. The van der Waals surface area contributed by atoms with E-state index in [2.05, 4.69) is 0 Å². The van der Waals surface area contributed by atoms with Crippen LogP contribution in [0.2, 0.25) is 0 Å². The van der Waals surface area contributed by atoms with Crippen molar-refractivity contribution >= 4 is 122 Å². The summed E-state index contributed by atoms with van der Waals surface area (Å²) in [6, 6.07) is 0. The molecule has 0 spiro atoms. The zero-order valence-electron chi connectivity index (χ0n) is 6.09. The Hall–Kier alpha value is 3.37. The number of hydrogen-bond acceptors (Lipinski definition) is 8. The molecule has 0 aliphatic carbocycles. The zero-order valence-corrected chi connectivity index (χ0v) is 16.2. The van der Waals surface area contributed by atoms with Crippen molar-refractivity contribution < 1.29 is 36.7 Å². The van der Waals surface area contributed by atoms with Gasteiger partial charge in [0.1, 0.15) is 0 Å². The Balaban J connectivity index is -0.0000000267. The quantitative estimate of drug-likeness (QED) is 0.189. The largest absolute Gasteiger partial charge is 2.00 e. The molecule has 0 rings (SSSR count). The van der Waals surface area contributed by atoms with Crippen molar-refractivity contribution in [2.45, 2.75) is 0 Å². The predicted molar refractivity (Wildman–Crippen MR) is 33.5 cm³/mol. The van der Waals surface area contributed by atoms with Crippen LogP contribution in [0.5, 0.6) is 0 Å². The van der Waals surface area contributed by atoms with Crippen LogP contribution in [0.3, 0.4) is 0 Å². The van der Waals surface area contributed by atoms with Gasteiger partial charge in [0.15, 0.2) is 0 Å². The molecule has 2 radical (unpaired) electrons. The van der Waals surface area contributed by atoms with E-state index in [4.69, 9.17) is 36.7 Å². The maximum Gasteiger partial charge on any atom is 2.00 e. The van der Waals surface area contributed by atoms with E-state index in [0.29, 0.717) is 0 Å². The van der Waals surface area contributed by atoms with Crippen LogP contribution < -0.4 is 19.2 Å². The molecule has 13 heavy (non-hydrogen) atoms. The van der Waals surface area contributed by atoms with E-state index in [1.807, 2.05) is 0 Å². The van der Waals surface area contributed by atoms with Crippen molar-refractivity contribution in [2.75, 3.05) is 0 Å². The molecule has 8 nitrogen and oxygen atoms in total. The van der Waals surface area contributed by atoms with Gasteiger partial charge in [-0.3, -0.25) is 8.42 Å². The Labute approximate surface area is 156 Å². The third-order valence-corrected chi connectivity index (χ3v) is 0. The van der Waals surface area contributed by atoms with Gasteiger partial charge in [-0.15, -0.1) is 0 Å². The fourth-order valence-electron chi connectivity index (χ4n) is 0. The Bertz CT molecular complexity index is 157. The number of hydrogen-bond donors (Lipinski definition) is 0. The van der Waals surface area contributed by atoms with Gasteiger partial charge in [-0.1, -0.05) is 0 Å². The summed E-state index contributed by atoms with van der Waals surface area (Å²) in [6.07, 6.45) is 0. The van der Waals surface area contributed by atoms with E-state index in [9.17, 15) is 0 Å². The first-order chi connectivity index (χ1) is 4.00. The fourth-order valence-corrected chi connectivity index (χ4v) is 0. The fraction of sp³-hybridized carbons (Fsp3) is 0. The van der Waals surface area contributed by atoms with Crippen LogP contribution >= 0.6 is 0 Å². The van der Waals surface area contributed by atoms with E-state index in [1.54, 1.807) is 0 Å². The summed E-state index contributed by atoms with van der Waals surface area (Å²) in [5.74, 6) is 0. The van der Waals surface area contributed by atoms with Gasteiger partial charge in [0.2, 0.25) is 0 Å².